The first kappa shape index (κ1) is 14.3. The molecule has 120 valence electrons. The molecule has 4 atom stereocenters. The first-order chi connectivity index (χ1) is 11.0. The number of fused-ring (bicyclic) bond motifs is 3. The fourth-order valence-electron chi connectivity index (χ4n) is 4.31. The van der Waals surface area contributed by atoms with E-state index in [1.807, 2.05) is 19.1 Å². The summed E-state index contributed by atoms with van der Waals surface area (Å²) >= 11 is 0. The molecular formula is C16H19N5O2. The van der Waals surface area contributed by atoms with Gasteiger partial charge in [-0.1, -0.05) is 17.4 Å². The zero-order valence-electron chi connectivity index (χ0n) is 13.2. The van der Waals surface area contributed by atoms with Gasteiger partial charge >= 0.3 is 0 Å². The molecule has 1 fully saturated rings. The summed E-state index contributed by atoms with van der Waals surface area (Å²) in [4.78, 5) is 12.6. The lowest BCUT2D eigenvalue weighted by molar-refractivity contribution is -0.384. The van der Waals surface area contributed by atoms with Crippen molar-refractivity contribution >= 4 is 11.4 Å². The van der Waals surface area contributed by atoms with E-state index in [0.717, 1.165) is 18.5 Å². The summed E-state index contributed by atoms with van der Waals surface area (Å²) < 4.78 is 0. The normalized spacial score (nSPS) is 34.2. The standard InChI is InChI=1S/C16H19N5O2/c1-19(2)15-16(10-11-3-4-12(16)9-11)17-18-20(15)13-5-7-14(8-6-13)21(22)23/h3-8,11-12,15H,9-10H2,1-2H3/t11-,12+,15-,16+/m1/s1. The van der Waals surface area contributed by atoms with Crippen LogP contribution in [0.1, 0.15) is 12.8 Å². The highest BCUT2D eigenvalue weighted by molar-refractivity contribution is 5.52. The smallest absolute Gasteiger partial charge is 0.269 e. The van der Waals surface area contributed by atoms with Gasteiger partial charge in [-0.15, -0.1) is 0 Å². The van der Waals surface area contributed by atoms with Crippen molar-refractivity contribution in [1.29, 1.82) is 0 Å². The third kappa shape index (κ3) is 1.99. The molecular weight excluding hydrogens is 294 g/mol. The molecule has 0 aromatic heterocycles. The second-order valence-corrected chi connectivity index (χ2v) is 6.83. The molecule has 7 heteroatoms. The monoisotopic (exact) mass is 313 g/mol. The Morgan fingerprint density at radius 1 is 1.30 bits per heavy atom. The zero-order chi connectivity index (χ0) is 16.2. The minimum Gasteiger partial charge on any atom is -0.286 e. The number of nitro groups is 1. The van der Waals surface area contributed by atoms with E-state index in [1.54, 1.807) is 12.1 Å². The van der Waals surface area contributed by atoms with Gasteiger partial charge in [0.1, 0.15) is 11.7 Å². The van der Waals surface area contributed by atoms with E-state index in [2.05, 4.69) is 22.3 Å². The van der Waals surface area contributed by atoms with Gasteiger partial charge in [-0.2, -0.15) is 5.11 Å². The van der Waals surface area contributed by atoms with Crippen LogP contribution in [-0.2, 0) is 0 Å². The molecule has 3 aliphatic rings. The van der Waals surface area contributed by atoms with Crippen LogP contribution in [0.25, 0.3) is 0 Å². The molecule has 0 saturated heterocycles. The maximum absolute atomic E-state index is 10.8. The largest absolute Gasteiger partial charge is 0.286 e. The number of hydrogen-bond acceptors (Lipinski definition) is 6. The number of rotatable bonds is 3. The number of benzene rings is 1. The van der Waals surface area contributed by atoms with E-state index < -0.39 is 0 Å². The summed E-state index contributed by atoms with van der Waals surface area (Å²) in [5.74, 6) is 1.02. The summed E-state index contributed by atoms with van der Waals surface area (Å²) in [6.45, 7) is 0. The van der Waals surface area contributed by atoms with Gasteiger partial charge in [-0.25, -0.2) is 5.01 Å². The fourth-order valence-corrected chi connectivity index (χ4v) is 4.31. The van der Waals surface area contributed by atoms with Gasteiger partial charge in [-0.3, -0.25) is 15.0 Å². The molecule has 7 nitrogen and oxygen atoms in total. The highest BCUT2D eigenvalue weighted by atomic mass is 16.6. The van der Waals surface area contributed by atoms with Crippen molar-refractivity contribution in [3.05, 3.63) is 46.5 Å². The van der Waals surface area contributed by atoms with Crippen LogP contribution in [0.3, 0.4) is 0 Å². The number of likely N-dealkylation sites (N-methyl/N-ethyl adjacent to an activating group) is 1. The second kappa shape index (κ2) is 4.86. The Morgan fingerprint density at radius 3 is 2.57 bits per heavy atom. The Morgan fingerprint density at radius 2 is 2.04 bits per heavy atom. The van der Waals surface area contributed by atoms with Gasteiger partial charge in [-0.05, 0) is 45.0 Å². The van der Waals surface area contributed by atoms with Crippen LogP contribution in [-0.4, -0.2) is 35.6 Å². The number of nitrogens with zero attached hydrogens (tertiary/aromatic N) is 5. The third-order valence-electron chi connectivity index (χ3n) is 5.22. The average molecular weight is 313 g/mol. The SMILES string of the molecule is CN(C)[C@@H]1N(c2ccc([N+](=O)[O-])cc2)N=N[C@]12C[C@@H]1C=C[C@H]2C1. The predicted octanol–water partition coefficient (Wildman–Crippen LogP) is 3.00. The maximum atomic E-state index is 10.8. The van der Waals surface area contributed by atoms with E-state index in [4.69, 9.17) is 5.11 Å². The third-order valence-corrected chi connectivity index (χ3v) is 5.22. The molecule has 1 aliphatic heterocycles. The van der Waals surface area contributed by atoms with Crippen molar-refractivity contribution in [1.82, 2.24) is 4.90 Å². The van der Waals surface area contributed by atoms with Crippen molar-refractivity contribution in [2.24, 2.45) is 22.2 Å². The van der Waals surface area contributed by atoms with Crippen molar-refractivity contribution in [2.45, 2.75) is 24.5 Å². The van der Waals surface area contributed by atoms with Gasteiger partial charge in [0.25, 0.3) is 5.69 Å². The Balaban J connectivity index is 1.68. The molecule has 1 heterocycles. The van der Waals surface area contributed by atoms with Crippen molar-refractivity contribution in [2.75, 3.05) is 19.1 Å². The van der Waals surface area contributed by atoms with E-state index in [-0.39, 0.29) is 22.3 Å². The van der Waals surface area contributed by atoms with Crippen molar-refractivity contribution < 1.29 is 4.92 Å². The Bertz CT molecular complexity index is 699. The minimum atomic E-state index is -0.388. The Hall–Kier alpha value is -2.28. The number of non-ortho nitro benzene ring substituents is 1. The molecule has 1 saturated carbocycles. The molecule has 0 N–H and O–H groups in total. The van der Waals surface area contributed by atoms with Crippen LogP contribution in [0, 0.1) is 22.0 Å². The molecule has 1 spiro atoms. The van der Waals surface area contributed by atoms with Gasteiger partial charge in [0.05, 0.1) is 10.6 Å². The minimum absolute atomic E-state index is 0.0314. The van der Waals surface area contributed by atoms with Crippen LogP contribution >= 0.6 is 0 Å². The Labute approximate surface area is 134 Å². The van der Waals surface area contributed by atoms with Gasteiger partial charge in [0, 0.05) is 18.1 Å². The maximum Gasteiger partial charge on any atom is 0.269 e. The lowest BCUT2D eigenvalue weighted by atomic mass is 9.82. The molecule has 1 aromatic rings. The molecule has 2 bridgehead atoms. The molecule has 0 radical (unpaired) electrons. The van der Waals surface area contributed by atoms with Crippen LogP contribution in [0.15, 0.2) is 46.8 Å². The quantitative estimate of drug-likeness (QED) is 0.488. The summed E-state index contributed by atoms with van der Waals surface area (Å²) in [5.41, 5.74) is 0.718. The van der Waals surface area contributed by atoms with Gasteiger partial charge in [0.15, 0.2) is 0 Å². The lowest BCUT2D eigenvalue weighted by Gasteiger charge is -2.40. The average Bonchev–Trinajstić information content (AvgIpc) is 3.21. The van der Waals surface area contributed by atoms with Crippen LogP contribution in [0.5, 0.6) is 0 Å². The van der Waals surface area contributed by atoms with Gasteiger partial charge in [0.2, 0.25) is 0 Å². The number of hydrogen-bond donors (Lipinski definition) is 0. The Kier molecular flexibility index (Phi) is 3.02. The number of anilines is 1. The summed E-state index contributed by atoms with van der Waals surface area (Å²) in [7, 11) is 4.08. The van der Waals surface area contributed by atoms with E-state index in [1.165, 1.54) is 12.1 Å². The molecule has 0 unspecified atom stereocenters. The molecule has 4 rings (SSSR count). The number of allylic oxidation sites excluding steroid dienone is 1. The lowest BCUT2D eigenvalue weighted by Crippen LogP contribution is -2.55. The highest BCUT2D eigenvalue weighted by Crippen LogP contribution is 2.54. The first-order valence-electron chi connectivity index (χ1n) is 7.82. The van der Waals surface area contributed by atoms with E-state index >= 15 is 0 Å². The van der Waals surface area contributed by atoms with Crippen LogP contribution in [0.2, 0.25) is 0 Å². The fraction of sp³-hybridized carbons (Fsp3) is 0.500. The summed E-state index contributed by atoms with van der Waals surface area (Å²) in [6.07, 6.45) is 6.78. The first-order valence-corrected chi connectivity index (χ1v) is 7.82. The molecule has 23 heavy (non-hydrogen) atoms. The molecule has 2 aliphatic carbocycles. The van der Waals surface area contributed by atoms with Crippen molar-refractivity contribution in [3.63, 3.8) is 0 Å². The zero-order valence-corrected chi connectivity index (χ0v) is 13.2. The van der Waals surface area contributed by atoms with E-state index in [9.17, 15) is 10.1 Å². The summed E-state index contributed by atoms with van der Waals surface area (Å²) in [5, 5.41) is 21.9. The van der Waals surface area contributed by atoms with Gasteiger partial charge < -0.3 is 0 Å². The van der Waals surface area contributed by atoms with Crippen LogP contribution in [0.4, 0.5) is 11.4 Å². The molecule has 1 aromatic carbocycles. The topological polar surface area (TPSA) is 74.3 Å². The number of nitro benzene ring substituents is 1. The molecule has 0 amide bonds. The summed E-state index contributed by atoms with van der Waals surface area (Å²) in [6, 6.07) is 6.53. The van der Waals surface area contributed by atoms with E-state index in [0.29, 0.717) is 11.8 Å². The predicted molar refractivity (Wildman–Crippen MR) is 86.0 cm³/mol. The second-order valence-electron chi connectivity index (χ2n) is 6.83. The highest BCUT2D eigenvalue weighted by Gasteiger charge is 2.59. The van der Waals surface area contributed by atoms with Crippen LogP contribution < -0.4 is 5.01 Å². The van der Waals surface area contributed by atoms with Crippen molar-refractivity contribution in [3.8, 4) is 0 Å².